The molecule has 2 aromatic rings. The van der Waals surface area contributed by atoms with Crippen molar-refractivity contribution in [2.24, 2.45) is 0 Å². The Morgan fingerprint density at radius 3 is 2.65 bits per heavy atom. The fourth-order valence-corrected chi connectivity index (χ4v) is 2.28. The van der Waals surface area contributed by atoms with Crippen molar-refractivity contribution in [1.82, 2.24) is 9.78 Å². The molecule has 2 N–H and O–H groups in total. The van der Waals surface area contributed by atoms with E-state index in [-0.39, 0.29) is 18.4 Å². The van der Waals surface area contributed by atoms with Gasteiger partial charge in [-0.3, -0.25) is 14.7 Å². The highest BCUT2D eigenvalue weighted by Crippen LogP contribution is 2.13. The highest BCUT2D eigenvalue weighted by atomic mass is 16.4. The van der Waals surface area contributed by atoms with Gasteiger partial charge in [0.15, 0.2) is 0 Å². The van der Waals surface area contributed by atoms with Crippen molar-refractivity contribution >= 4 is 5.97 Å². The van der Waals surface area contributed by atoms with E-state index in [0.29, 0.717) is 12.0 Å². The van der Waals surface area contributed by atoms with Gasteiger partial charge >= 0.3 is 5.97 Å². The fourth-order valence-electron chi connectivity index (χ4n) is 2.28. The third-order valence-corrected chi connectivity index (χ3v) is 3.37. The van der Waals surface area contributed by atoms with Crippen LogP contribution in [0.25, 0.3) is 5.69 Å². The summed E-state index contributed by atoms with van der Waals surface area (Å²) in [5.74, 6) is -0.893. The maximum absolute atomic E-state index is 12.5. The van der Waals surface area contributed by atoms with Gasteiger partial charge in [-0.05, 0) is 31.4 Å². The molecule has 5 nitrogen and oxygen atoms in total. The Kier molecular flexibility index (Phi) is 4.08. The quantitative estimate of drug-likeness (QED) is 0.876. The van der Waals surface area contributed by atoms with E-state index in [4.69, 9.17) is 5.11 Å². The van der Waals surface area contributed by atoms with E-state index in [0.717, 1.165) is 16.9 Å². The van der Waals surface area contributed by atoms with Crippen molar-refractivity contribution in [2.45, 2.75) is 33.1 Å². The molecule has 0 unspecified atom stereocenters. The number of H-pyrrole nitrogens is 1. The molecule has 0 saturated heterocycles. The Morgan fingerprint density at radius 2 is 2.05 bits per heavy atom. The van der Waals surface area contributed by atoms with Gasteiger partial charge in [0, 0.05) is 17.7 Å². The lowest BCUT2D eigenvalue weighted by Gasteiger charge is -2.05. The summed E-state index contributed by atoms with van der Waals surface area (Å²) in [5, 5.41) is 11.9. The molecular weight excluding hydrogens is 256 g/mol. The third-order valence-electron chi connectivity index (χ3n) is 3.37. The van der Waals surface area contributed by atoms with Crippen LogP contribution in [0.4, 0.5) is 0 Å². The number of hydrogen-bond acceptors (Lipinski definition) is 2. The summed E-state index contributed by atoms with van der Waals surface area (Å²) in [6, 6.07) is 7.59. The predicted molar refractivity (Wildman–Crippen MR) is 76.5 cm³/mol. The van der Waals surface area contributed by atoms with E-state index in [2.05, 4.69) is 5.10 Å². The minimum atomic E-state index is -0.893. The first-order valence-corrected chi connectivity index (χ1v) is 6.65. The van der Waals surface area contributed by atoms with Crippen molar-refractivity contribution in [3.63, 3.8) is 0 Å². The van der Waals surface area contributed by atoms with Crippen LogP contribution in [-0.4, -0.2) is 20.9 Å². The smallest absolute Gasteiger partial charge is 0.303 e. The highest BCUT2D eigenvalue weighted by Gasteiger charge is 2.15. The van der Waals surface area contributed by atoms with Gasteiger partial charge in [-0.1, -0.05) is 25.1 Å². The van der Waals surface area contributed by atoms with E-state index >= 15 is 0 Å². The molecule has 2 rings (SSSR count). The zero-order valence-corrected chi connectivity index (χ0v) is 11.6. The van der Waals surface area contributed by atoms with Gasteiger partial charge in [-0.2, -0.15) is 0 Å². The predicted octanol–water partition coefficient (Wildman–Crippen LogP) is 2.05. The molecule has 106 valence electrons. The molecule has 0 fully saturated rings. The topological polar surface area (TPSA) is 75.1 Å². The summed E-state index contributed by atoms with van der Waals surface area (Å²) in [7, 11) is 0. The van der Waals surface area contributed by atoms with Crippen LogP contribution in [0.5, 0.6) is 0 Å². The van der Waals surface area contributed by atoms with Gasteiger partial charge in [0.1, 0.15) is 0 Å². The minimum absolute atomic E-state index is 0.0339. The van der Waals surface area contributed by atoms with Crippen LogP contribution in [0.2, 0.25) is 0 Å². The Labute approximate surface area is 116 Å². The first-order chi connectivity index (χ1) is 9.54. The van der Waals surface area contributed by atoms with Gasteiger partial charge in [0.05, 0.1) is 5.69 Å². The van der Waals surface area contributed by atoms with Gasteiger partial charge in [-0.25, -0.2) is 4.68 Å². The zero-order chi connectivity index (χ0) is 14.7. The number of aliphatic carboxylic acids is 1. The molecule has 0 radical (unpaired) electrons. The molecule has 1 aromatic carbocycles. The molecule has 0 amide bonds. The van der Waals surface area contributed by atoms with E-state index in [9.17, 15) is 9.59 Å². The Morgan fingerprint density at radius 1 is 1.35 bits per heavy atom. The Balaban J connectivity index is 2.49. The fraction of sp³-hybridized carbons (Fsp3) is 0.333. The summed E-state index contributed by atoms with van der Waals surface area (Å²) in [6.45, 7) is 3.88. The van der Waals surface area contributed by atoms with E-state index < -0.39 is 5.97 Å². The number of nitrogens with one attached hydrogen (secondary N) is 1. The summed E-state index contributed by atoms with van der Waals surface area (Å²) >= 11 is 0. The first kappa shape index (κ1) is 14.1. The van der Waals surface area contributed by atoms with Crippen LogP contribution in [-0.2, 0) is 17.6 Å². The molecule has 1 aromatic heterocycles. The third kappa shape index (κ3) is 2.66. The minimum Gasteiger partial charge on any atom is -0.481 e. The largest absolute Gasteiger partial charge is 0.481 e. The van der Waals surface area contributed by atoms with Gasteiger partial charge < -0.3 is 5.11 Å². The van der Waals surface area contributed by atoms with Gasteiger partial charge in [0.25, 0.3) is 5.56 Å². The average molecular weight is 274 g/mol. The maximum Gasteiger partial charge on any atom is 0.303 e. The van der Waals surface area contributed by atoms with Crippen molar-refractivity contribution in [3.05, 3.63) is 51.4 Å². The molecule has 5 heteroatoms. The lowest BCUT2D eigenvalue weighted by atomic mass is 10.1. The number of aryl methyl sites for hydroxylation is 2. The lowest BCUT2D eigenvalue weighted by molar-refractivity contribution is -0.136. The number of para-hydroxylation sites is 1. The average Bonchev–Trinajstić information content (AvgIpc) is 2.73. The SMILES string of the molecule is CCc1[nH]n(-c2ccccc2C)c(=O)c1CCC(=O)O. The molecule has 0 bridgehead atoms. The molecule has 0 aliphatic rings. The molecule has 0 atom stereocenters. The molecule has 0 aliphatic carbocycles. The normalized spacial score (nSPS) is 10.7. The molecule has 0 saturated carbocycles. The second kappa shape index (κ2) is 5.77. The number of aromatic nitrogens is 2. The second-order valence-electron chi connectivity index (χ2n) is 4.74. The van der Waals surface area contributed by atoms with Crippen LogP contribution < -0.4 is 5.56 Å². The summed E-state index contributed by atoms with van der Waals surface area (Å²) in [6.07, 6.45) is 0.893. The van der Waals surface area contributed by atoms with E-state index in [1.54, 1.807) is 0 Å². The maximum atomic E-state index is 12.5. The van der Waals surface area contributed by atoms with E-state index in [1.807, 2.05) is 38.1 Å². The summed E-state index contributed by atoms with van der Waals surface area (Å²) in [4.78, 5) is 23.1. The van der Waals surface area contributed by atoms with Gasteiger partial charge in [0.2, 0.25) is 0 Å². The number of aromatic amines is 1. The zero-order valence-electron chi connectivity index (χ0n) is 11.6. The molecule has 20 heavy (non-hydrogen) atoms. The first-order valence-electron chi connectivity index (χ1n) is 6.65. The number of carboxylic acids is 1. The number of nitrogens with zero attached hydrogens (tertiary/aromatic N) is 1. The summed E-state index contributed by atoms with van der Waals surface area (Å²) < 4.78 is 1.51. The van der Waals surface area contributed by atoms with Crippen LogP contribution in [0, 0.1) is 6.92 Å². The van der Waals surface area contributed by atoms with Crippen molar-refractivity contribution in [3.8, 4) is 5.69 Å². The van der Waals surface area contributed by atoms with Crippen molar-refractivity contribution in [2.75, 3.05) is 0 Å². The monoisotopic (exact) mass is 274 g/mol. The number of hydrogen-bond donors (Lipinski definition) is 2. The summed E-state index contributed by atoms with van der Waals surface area (Å²) in [5.41, 5.74) is 3.01. The lowest BCUT2D eigenvalue weighted by Crippen LogP contribution is -2.18. The standard InChI is InChI=1S/C15H18N2O3/c1-3-12-11(8-9-14(18)19)15(20)17(16-12)13-7-5-4-6-10(13)2/h4-7,16H,3,8-9H2,1-2H3,(H,18,19). The van der Waals surface area contributed by atoms with Crippen LogP contribution in [0.15, 0.2) is 29.1 Å². The Bertz CT molecular complexity index is 683. The highest BCUT2D eigenvalue weighted by molar-refractivity contribution is 5.67. The molecule has 0 spiro atoms. The number of carbonyl (C=O) groups is 1. The van der Waals surface area contributed by atoms with Crippen LogP contribution in [0.3, 0.4) is 0 Å². The molecule has 0 aliphatic heterocycles. The molecule has 1 heterocycles. The number of carboxylic acid groups (broad SMARTS) is 1. The number of rotatable bonds is 5. The van der Waals surface area contributed by atoms with Crippen LogP contribution >= 0.6 is 0 Å². The second-order valence-corrected chi connectivity index (χ2v) is 4.74. The van der Waals surface area contributed by atoms with Crippen molar-refractivity contribution in [1.29, 1.82) is 0 Å². The Hall–Kier alpha value is -2.30. The van der Waals surface area contributed by atoms with Crippen molar-refractivity contribution < 1.29 is 9.90 Å². The number of benzene rings is 1. The molecular formula is C15H18N2O3. The van der Waals surface area contributed by atoms with Crippen LogP contribution in [0.1, 0.15) is 30.2 Å². The van der Waals surface area contributed by atoms with E-state index in [1.165, 1.54) is 4.68 Å². The van der Waals surface area contributed by atoms with Gasteiger partial charge in [-0.15, -0.1) is 0 Å².